The maximum Gasteiger partial charge on any atom is 0.211 e. The van der Waals surface area contributed by atoms with Gasteiger partial charge in [-0.3, -0.25) is 0 Å². The van der Waals surface area contributed by atoms with Crippen LogP contribution in [0.5, 0.6) is 0 Å². The molecular formula is C10H23NO4S. The van der Waals surface area contributed by atoms with Crippen LogP contribution in [0.3, 0.4) is 0 Å². The standard InChI is InChI=1S/C10H23NO4S/c1-9(2)8-10(3)15-5-4-14-6-7-16(11,12)13/h9-10H,4-8H2,1-3H3,(H2,11,12,13). The molecular weight excluding hydrogens is 230 g/mol. The van der Waals surface area contributed by atoms with Gasteiger partial charge in [0, 0.05) is 0 Å². The summed E-state index contributed by atoms with van der Waals surface area (Å²) in [6, 6.07) is 0. The Morgan fingerprint density at radius 2 is 1.75 bits per heavy atom. The number of primary sulfonamides is 1. The van der Waals surface area contributed by atoms with E-state index >= 15 is 0 Å². The molecule has 1 unspecified atom stereocenters. The van der Waals surface area contributed by atoms with Crippen LogP contribution in [-0.2, 0) is 19.5 Å². The van der Waals surface area contributed by atoms with Crippen LogP contribution in [0.1, 0.15) is 27.2 Å². The van der Waals surface area contributed by atoms with Gasteiger partial charge >= 0.3 is 0 Å². The number of sulfonamides is 1. The van der Waals surface area contributed by atoms with Crippen LogP contribution in [0.4, 0.5) is 0 Å². The Balaban J connectivity index is 3.34. The van der Waals surface area contributed by atoms with E-state index in [0.29, 0.717) is 19.1 Å². The maximum atomic E-state index is 10.6. The van der Waals surface area contributed by atoms with Crippen LogP contribution in [0.25, 0.3) is 0 Å². The van der Waals surface area contributed by atoms with Gasteiger partial charge in [-0.05, 0) is 19.3 Å². The van der Waals surface area contributed by atoms with Gasteiger partial charge in [0.15, 0.2) is 0 Å². The van der Waals surface area contributed by atoms with Gasteiger partial charge in [-0.15, -0.1) is 0 Å². The summed E-state index contributed by atoms with van der Waals surface area (Å²) in [6.45, 7) is 7.31. The van der Waals surface area contributed by atoms with Crippen LogP contribution < -0.4 is 5.14 Å². The summed E-state index contributed by atoms with van der Waals surface area (Å²) in [6.07, 6.45) is 1.22. The van der Waals surface area contributed by atoms with E-state index in [2.05, 4.69) is 13.8 Å². The number of rotatable bonds is 9. The molecule has 2 N–H and O–H groups in total. The van der Waals surface area contributed by atoms with Gasteiger partial charge in [-0.25, -0.2) is 13.6 Å². The molecule has 0 aromatic carbocycles. The lowest BCUT2D eigenvalue weighted by molar-refractivity contribution is 0.00780. The fourth-order valence-electron chi connectivity index (χ4n) is 1.32. The minimum absolute atomic E-state index is 0.126. The van der Waals surface area contributed by atoms with Crippen molar-refractivity contribution in [2.45, 2.75) is 33.3 Å². The Morgan fingerprint density at radius 1 is 1.12 bits per heavy atom. The third-order valence-electron chi connectivity index (χ3n) is 1.95. The van der Waals surface area contributed by atoms with Crippen molar-refractivity contribution in [1.82, 2.24) is 0 Å². The minimum atomic E-state index is -3.41. The van der Waals surface area contributed by atoms with E-state index in [1.165, 1.54) is 0 Å². The first-order valence-corrected chi connectivity index (χ1v) is 7.22. The maximum absolute atomic E-state index is 10.6. The van der Waals surface area contributed by atoms with E-state index in [1.807, 2.05) is 6.92 Å². The Kier molecular flexibility index (Phi) is 7.91. The van der Waals surface area contributed by atoms with Crippen molar-refractivity contribution in [3.63, 3.8) is 0 Å². The van der Waals surface area contributed by atoms with Crippen LogP contribution in [0, 0.1) is 5.92 Å². The zero-order valence-electron chi connectivity index (χ0n) is 10.3. The molecule has 0 spiro atoms. The molecule has 0 saturated heterocycles. The summed E-state index contributed by atoms with van der Waals surface area (Å²) >= 11 is 0. The fraction of sp³-hybridized carbons (Fsp3) is 1.00. The lowest BCUT2D eigenvalue weighted by atomic mass is 10.1. The van der Waals surface area contributed by atoms with Crippen LogP contribution in [0.15, 0.2) is 0 Å². The van der Waals surface area contributed by atoms with Gasteiger partial charge in [-0.2, -0.15) is 0 Å². The Hall–Kier alpha value is -0.170. The Morgan fingerprint density at radius 3 is 2.25 bits per heavy atom. The second-order valence-electron chi connectivity index (χ2n) is 4.29. The average molecular weight is 253 g/mol. The Bertz CT molecular complexity index is 264. The number of nitrogens with two attached hydrogens (primary N) is 1. The van der Waals surface area contributed by atoms with Gasteiger partial charge in [0.25, 0.3) is 0 Å². The second kappa shape index (κ2) is 8.00. The normalized spacial score (nSPS) is 14.3. The van der Waals surface area contributed by atoms with E-state index in [9.17, 15) is 8.42 Å². The van der Waals surface area contributed by atoms with E-state index in [1.54, 1.807) is 0 Å². The molecule has 98 valence electrons. The topological polar surface area (TPSA) is 78.6 Å². The van der Waals surface area contributed by atoms with E-state index in [4.69, 9.17) is 14.6 Å². The zero-order valence-corrected chi connectivity index (χ0v) is 11.1. The minimum Gasteiger partial charge on any atom is -0.378 e. The van der Waals surface area contributed by atoms with Gasteiger partial charge < -0.3 is 9.47 Å². The van der Waals surface area contributed by atoms with Crippen LogP contribution in [-0.4, -0.2) is 40.1 Å². The quantitative estimate of drug-likeness (QED) is 0.615. The van der Waals surface area contributed by atoms with Crippen molar-refractivity contribution < 1.29 is 17.9 Å². The molecule has 0 rings (SSSR count). The summed E-state index contributed by atoms with van der Waals surface area (Å²) < 4.78 is 31.7. The largest absolute Gasteiger partial charge is 0.378 e. The summed E-state index contributed by atoms with van der Waals surface area (Å²) in [5, 5.41) is 4.81. The molecule has 0 radical (unpaired) electrons. The van der Waals surface area contributed by atoms with Crippen LogP contribution in [0.2, 0.25) is 0 Å². The number of ether oxygens (including phenoxy) is 2. The molecule has 6 heteroatoms. The van der Waals surface area contributed by atoms with E-state index in [0.717, 1.165) is 6.42 Å². The van der Waals surface area contributed by atoms with Crippen molar-refractivity contribution >= 4 is 10.0 Å². The molecule has 5 nitrogen and oxygen atoms in total. The lowest BCUT2D eigenvalue weighted by Gasteiger charge is -2.14. The smallest absolute Gasteiger partial charge is 0.211 e. The van der Waals surface area contributed by atoms with Crippen molar-refractivity contribution in [3.8, 4) is 0 Å². The molecule has 0 amide bonds. The van der Waals surface area contributed by atoms with Gasteiger partial charge in [0.05, 0.1) is 31.7 Å². The summed E-state index contributed by atoms with van der Waals surface area (Å²) in [4.78, 5) is 0. The van der Waals surface area contributed by atoms with Gasteiger partial charge in [0.1, 0.15) is 0 Å². The second-order valence-corrected chi connectivity index (χ2v) is 6.02. The monoisotopic (exact) mass is 253 g/mol. The summed E-state index contributed by atoms with van der Waals surface area (Å²) in [7, 11) is -3.41. The molecule has 0 aliphatic heterocycles. The molecule has 1 atom stereocenters. The summed E-state index contributed by atoms with van der Waals surface area (Å²) in [5.74, 6) is 0.465. The van der Waals surface area contributed by atoms with Gasteiger partial charge in [-0.1, -0.05) is 13.8 Å². The van der Waals surface area contributed by atoms with Crippen molar-refractivity contribution in [2.75, 3.05) is 25.6 Å². The number of hydrogen-bond acceptors (Lipinski definition) is 4. The molecule has 0 fully saturated rings. The van der Waals surface area contributed by atoms with Crippen molar-refractivity contribution in [2.24, 2.45) is 11.1 Å². The third kappa shape index (κ3) is 11.9. The summed E-state index contributed by atoms with van der Waals surface area (Å²) in [5.41, 5.74) is 0. The van der Waals surface area contributed by atoms with E-state index in [-0.39, 0.29) is 18.5 Å². The highest BCUT2D eigenvalue weighted by molar-refractivity contribution is 7.89. The first-order valence-electron chi connectivity index (χ1n) is 5.51. The molecule has 0 aromatic rings. The zero-order chi connectivity index (χ0) is 12.6. The van der Waals surface area contributed by atoms with Crippen molar-refractivity contribution in [1.29, 1.82) is 0 Å². The van der Waals surface area contributed by atoms with Crippen LogP contribution >= 0.6 is 0 Å². The first-order chi connectivity index (χ1) is 7.31. The average Bonchev–Trinajstić information content (AvgIpc) is 2.07. The third-order valence-corrected chi connectivity index (χ3v) is 2.68. The van der Waals surface area contributed by atoms with Crippen molar-refractivity contribution in [3.05, 3.63) is 0 Å². The van der Waals surface area contributed by atoms with E-state index < -0.39 is 10.0 Å². The molecule has 0 heterocycles. The number of hydrogen-bond donors (Lipinski definition) is 1. The molecule has 0 aliphatic carbocycles. The highest BCUT2D eigenvalue weighted by Crippen LogP contribution is 2.06. The lowest BCUT2D eigenvalue weighted by Crippen LogP contribution is -2.21. The molecule has 0 saturated carbocycles. The predicted molar refractivity (Wildman–Crippen MR) is 63.7 cm³/mol. The highest BCUT2D eigenvalue weighted by Gasteiger charge is 2.05. The van der Waals surface area contributed by atoms with Gasteiger partial charge in [0.2, 0.25) is 10.0 Å². The molecule has 0 bridgehead atoms. The SMILES string of the molecule is CC(C)CC(C)OCCOCCS(N)(=O)=O. The predicted octanol–water partition coefficient (Wildman–Crippen LogP) is 0.743. The molecule has 0 aromatic heterocycles. The molecule has 0 aliphatic rings. The first kappa shape index (κ1) is 15.8. The Labute approximate surface area is 98.4 Å². The molecule has 16 heavy (non-hydrogen) atoms. The highest BCUT2D eigenvalue weighted by atomic mass is 32.2. The fourth-order valence-corrected chi connectivity index (χ4v) is 1.67.